The minimum absolute atomic E-state index is 0.0926. The molecule has 0 fully saturated rings. The van der Waals surface area contributed by atoms with Crippen molar-refractivity contribution in [3.8, 4) is 0 Å². The number of nitrogens with zero attached hydrogens (tertiary/aromatic N) is 3. The molecule has 6 heteroatoms. The molecule has 19 heavy (non-hydrogen) atoms. The SMILES string of the molecule is CC(C)(C)n1cc(CNc2cc(F)ccc2Br)nn1. The Bertz CT molecular complexity index is 574. The van der Waals surface area contributed by atoms with Crippen molar-refractivity contribution in [3.05, 3.63) is 40.4 Å². The quantitative estimate of drug-likeness (QED) is 0.937. The van der Waals surface area contributed by atoms with Crippen LogP contribution in [-0.4, -0.2) is 15.0 Å². The van der Waals surface area contributed by atoms with Crippen LogP contribution in [0, 0.1) is 5.82 Å². The van der Waals surface area contributed by atoms with E-state index in [0.29, 0.717) is 12.2 Å². The number of nitrogens with one attached hydrogen (secondary N) is 1. The van der Waals surface area contributed by atoms with E-state index in [1.165, 1.54) is 12.1 Å². The van der Waals surface area contributed by atoms with E-state index in [2.05, 4.69) is 52.3 Å². The van der Waals surface area contributed by atoms with E-state index in [4.69, 9.17) is 0 Å². The van der Waals surface area contributed by atoms with Crippen LogP contribution in [0.25, 0.3) is 0 Å². The zero-order valence-corrected chi connectivity index (χ0v) is 12.7. The molecule has 0 amide bonds. The van der Waals surface area contributed by atoms with Gasteiger partial charge in [0, 0.05) is 4.47 Å². The van der Waals surface area contributed by atoms with Gasteiger partial charge in [-0.15, -0.1) is 5.10 Å². The van der Waals surface area contributed by atoms with E-state index in [-0.39, 0.29) is 11.4 Å². The molecule has 0 atom stereocenters. The summed E-state index contributed by atoms with van der Waals surface area (Å²) in [5.41, 5.74) is 1.42. The first kappa shape index (κ1) is 14.0. The Labute approximate surface area is 120 Å². The van der Waals surface area contributed by atoms with Crippen LogP contribution in [0.2, 0.25) is 0 Å². The van der Waals surface area contributed by atoms with Crippen LogP contribution in [0.3, 0.4) is 0 Å². The Hall–Kier alpha value is -1.43. The maximum Gasteiger partial charge on any atom is 0.125 e. The molecule has 102 valence electrons. The van der Waals surface area contributed by atoms with Crippen molar-refractivity contribution in [2.45, 2.75) is 32.9 Å². The average molecular weight is 327 g/mol. The van der Waals surface area contributed by atoms with E-state index in [1.807, 2.05) is 10.9 Å². The molecule has 1 N–H and O–H groups in total. The first-order valence-electron chi connectivity index (χ1n) is 5.97. The zero-order chi connectivity index (χ0) is 14.0. The molecule has 0 aliphatic heterocycles. The Morgan fingerprint density at radius 1 is 1.37 bits per heavy atom. The maximum atomic E-state index is 13.1. The molecule has 1 aromatic carbocycles. The Kier molecular flexibility index (Phi) is 3.89. The van der Waals surface area contributed by atoms with Gasteiger partial charge in [0.1, 0.15) is 11.5 Å². The summed E-state index contributed by atoms with van der Waals surface area (Å²) in [5.74, 6) is -0.274. The highest BCUT2D eigenvalue weighted by Crippen LogP contribution is 2.23. The number of halogens is 2. The van der Waals surface area contributed by atoms with Crippen molar-refractivity contribution in [2.24, 2.45) is 0 Å². The van der Waals surface area contributed by atoms with Gasteiger partial charge in [0.2, 0.25) is 0 Å². The third-order valence-electron chi connectivity index (χ3n) is 2.62. The fraction of sp³-hybridized carbons (Fsp3) is 0.385. The molecular formula is C13H16BrFN4. The minimum atomic E-state index is -0.274. The summed E-state index contributed by atoms with van der Waals surface area (Å²) in [5, 5.41) is 11.3. The second kappa shape index (κ2) is 5.28. The van der Waals surface area contributed by atoms with Gasteiger partial charge in [0.25, 0.3) is 0 Å². The van der Waals surface area contributed by atoms with Crippen molar-refractivity contribution < 1.29 is 4.39 Å². The van der Waals surface area contributed by atoms with Crippen molar-refractivity contribution >= 4 is 21.6 Å². The molecule has 0 unspecified atom stereocenters. The van der Waals surface area contributed by atoms with Crippen LogP contribution in [-0.2, 0) is 12.1 Å². The second-order valence-electron chi connectivity index (χ2n) is 5.30. The van der Waals surface area contributed by atoms with Gasteiger partial charge in [-0.3, -0.25) is 0 Å². The van der Waals surface area contributed by atoms with E-state index >= 15 is 0 Å². The lowest BCUT2D eigenvalue weighted by molar-refractivity contribution is 0.347. The van der Waals surface area contributed by atoms with Crippen LogP contribution in [0.15, 0.2) is 28.9 Å². The summed E-state index contributed by atoms with van der Waals surface area (Å²) in [6.45, 7) is 6.67. The molecule has 1 aromatic heterocycles. The topological polar surface area (TPSA) is 42.7 Å². The lowest BCUT2D eigenvalue weighted by Crippen LogP contribution is -2.22. The molecule has 0 saturated carbocycles. The van der Waals surface area contributed by atoms with Gasteiger partial charge >= 0.3 is 0 Å². The van der Waals surface area contributed by atoms with Gasteiger partial charge in [-0.05, 0) is 54.9 Å². The first-order valence-corrected chi connectivity index (χ1v) is 6.76. The van der Waals surface area contributed by atoms with Gasteiger partial charge in [0.15, 0.2) is 0 Å². The third kappa shape index (κ3) is 3.53. The molecule has 0 bridgehead atoms. The highest BCUT2D eigenvalue weighted by atomic mass is 79.9. The summed E-state index contributed by atoms with van der Waals surface area (Å²) in [6.07, 6.45) is 1.89. The van der Waals surface area contributed by atoms with E-state index in [0.717, 1.165) is 10.2 Å². The highest BCUT2D eigenvalue weighted by molar-refractivity contribution is 9.10. The molecule has 2 rings (SSSR count). The van der Waals surface area contributed by atoms with Crippen LogP contribution >= 0.6 is 15.9 Å². The predicted octanol–water partition coefficient (Wildman–Crippen LogP) is 3.55. The normalized spacial score (nSPS) is 11.6. The largest absolute Gasteiger partial charge is 0.378 e. The summed E-state index contributed by atoms with van der Waals surface area (Å²) in [7, 11) is 0. The number of anilines is 1. The smallest absolute Gasteiger partial charge is 0.125 e. The van der Waals surface area contributed by atoms with Gasteiger partial charge in [-0.1, -0.05) is 5.21 Å². The minimum Gasteiger partial charge on any atom is -0.378 e. The van der Waals surface area contributed by atoms with Crippen molar-refractivity contribution in [1.82, 2.24) is 15.0 Å². The highest BCUT2D eigenvalue weighted by Gasteiger charge is 2.15. The summed E-state index contributed by atoms with van der Waals surface area (Å²) in [6, 6.07) is 4.52. The van der Waals surface area contributed by atoms with E-state index in [1.54, 1.807) is 6.07 Å². The summed E-state index contributed by atoms with van der Waals surface area (Å²) < 4.78 is 15.8. The Morgan fingerprint density at radius 3 is 2.74 bits per heavy atom. The molecule has 2 aromatic rings. The summed E-state index contributed by atoms with van der Waals surface area (Å²) in [4.78, 5) is 0. The number of aromatic nitrogens is 3. The second-order valence-corrected chi connectivity index (χ2v) is 6.16. The Morgan fingerprint density at radius 2 is 2.11 bits per heavy atom. The molecule has 0 spiro atoms. The van der Waals surface area contributed by atoms with Crippen molar-refractivity contribution in [2.75, 3.05) is 5.32 Å². The Balaban J connectivity index is 2.06. The molecule has 0 aliphatic carbocycles. The van der Waals surface area contributed by atoms with Gasteiger partial charge in [-0.25, -0.2) is 9.07 Å². The van der Waals surface area contributed by atoms with Gasteiger partial charge in [-0.2, -0.15) is 0 Å². The zero-order valence-electron chi connectivity index (χ0n) is 11.1. The fourth-order valence-corrected chi connectivity index (χ4v) is 1.91. The van der Waals surface area contributed by atoms with Gasteiger partial charge in [0.05, 0.1) is 24.0 Å². The molecule has 1 heterocycles. The van der Waals surface area contributed by atoms with Crippen LogP contribution < -0.4 is 5.32 Å². The van der Waals surface area contributed by atoms with Crippen molar-refractivity contribution in [3.63, 3.8) is 0 Å². The average Bonchev–Trinajstić information content (AvgIpc) is 2.79. The summed E-state index contributed by atoms with van der Waals surface area (Å²) >= 11 is 3.37. The van der Waals surface area contributed by atoms with Crippen LogP contribution in [0.1, 0.15) is 26.5 Å². The lowest BCUT2D eigenvalue weighted by Gasteiger charge is -2.17. The van der Waals surface area contributed by atoms with E-state index < -0.39 is 0 Å². The lowest BCUT2D eigenvalue weighted by atomic mass is 10.1. The molecular weight excluding hydrogens is 311 g/mol. The first-order chi connectivity index (χ1) is 8.86. The molecule has 4 nitrogen and oxygen atoms in total. The molecule has 0 aliphatic rings. The van der Waals surface area contributed by atoms with Crippen LogP contribution in [0.4, 0.5) is 10.1 Å². The predicted molar refractivity (Wildman–Crippen MR) is 76.4 cm³/mol. The number of rotatable bonds is 3. The van der Waals surface area contributed by atoms with Crippen molar-refractivity contribution in [1.29, 1.82) is 0 Å². The third-order valence-corrected chi connectivity index (χ3v) is 3.31. The maximum absolute atomic E-state index is 13.1. The van der Waals surface area contributed by atoms with E-state index in [9.17, 15) is 4.39 Å². The molecule has 0 radical (unpaired) electrons. The number of hydrogen-bond donors (Lipinski definition) is 1. The number of hydrogen-bond acceptors (Lipinski definition) is 3. The van der Waals surface area contributed by atoms with Gasteiger partial charge < -0.3 is 5.32 Å². The standard InChI is InChI=1S/C13H16BrFN4/c1-13(2,3)19-8-10(17-18-19)7-16-12-6-9(15)4-5-11(12)14/h4-6,8,16H,7H2,1-3H3. The number of benzene rings is 1. The fourth-order valence-electron chi connectivity index (χ4n) is 1.53. The molecule has 0 saturated heterocycles. The monoisotopic (exact) mass is 326 g/mol. The van der Waals surface area contributed by atoms with Crippen LogP contribution in [0.5, 0.6) is 0 Å².